The van der Waals surface area contributed by atoms with E-state index < -0.39 is 18.0 Å². The molecule has 0 radical (unpaired) electrons. The van der Waals surface area contributed by atoms with Crippen molar-refractivity contribution in [3.05, 3.63) is 89.5 Å². The number of hydrogen-bond donors (Lipinski definition) is 1. The van der Waals surface area contributed by atoms with E-state index in [1.807, 2.05) is 54.6 Å². The molecule has 0 spiro atoms. The minimum Gasteiger partial charge on any atom is -0.308 e. The first-order valence-electron chi connectivity index (χ1n) is 9.88. The van der Waals surface area contributed by atoms with Crippen molar-refractivity contribution in [2.45, 2.75) is 12.6 Å². The summed E-state index contributed by atoms with van der Waals surface area (Å²) in [5.41, 5.74) is 7.64. The first kappa shape index (κ1) is 20.2. The van der Waals surface area contributed by atoms with E-state index in [2.05, 4.69) is 5.10 Å². The van der Waals surface area contributed by atoms with Gasteiger partial charge in [-0.3, -0.25) is 9.59 Å². The van der Waals surface area contributed by atoms with Crippen LogP contribution in [0, 0.1) is 17.2 Å². The van der Waals surface area contributed by atoms with Crippen LogP contribution in [0.4, 0.5) is 0 Å². The number of hydrazone groups is 1. The van der Waals surface area contributed by atoms with Gasteiger partial charge in [-0.2, -0.15) is 10.4 Å². The third kappa shape index (κ3) is 4.13. The second-order valence-corrected chi connectivity index (χ2v) is 7.26. The summed E-state index contributed by atoms with van der Waals surface area (Å²) in [6.07, 6.45) is 2.08. The summed E-state index contributed by atoms with van der Waals surface area (Å²) < 4.78 is 0. The highest BCUT2D eigenvalue weighted by Gasteiger charge is 2.34. The molecule has 31 heavy (non-hydrogen) atoms. The van der Waals surface area contributed by atoms with Crippen LogP contribution in [0.2, 0.25) is 0 Å². The number of nitrogens with two attached hydrogens (primary N) is 1. The highest BCUT2D eigenvalue weighted by Crippen LogP contribution is 2.25. The quantitative estimate of drug-likeness (QED) is 0.513. The van der Waals surface area contributed by atoms with Gasteiger partial charge in [0.15, 0.2) is 5.78 Å². The second-order valence-electron chi connectivity index (χ2n) is 7.26. The number of fused-ring (bicyclic) bond motifs is 1. The molecule has 0 saturated carbocycles. The van der Waals surface area contributed by atoms with Gasteiger partial charge in [0.05, 0.1) is 6.07 Å². The third-order valence-corrected chi connectivity index (χ3v) is 5.23. The van der Waals surface area contributed by atoms with E-state index in [9.17, 15) is 14.9 Å². The number of carbonyl (C=O) groups excluding carboxylic acids is 2. The minimum absolute atomic E-state index is 0.109. The number of nitrogens with zero attached hydrogens (tertiary/aromatic N) is 3. The van der Waals surface area contributed by atoms with Gasteiger partial charge in [0.2, 0.25) is 0 Å². The Hall–Kier alpha value is -4.08. The van der Waals surface area contributed by atoms with E-state index >= 15 is 0 Å². The maximum absolute atomic E-state index is 13.3. The topological polar surface area (TPSA) is 99.5 Å². The molecule has 1 aliphatic rings. The normalized spacial score (nSPS) is 18.2. The molecule has 152 valence electrons. The van der Waals surface area contributed by atoms with Crippen LogP contribution in [0.1, 0.15) is 22.3 Å². The molecule has 2 atom stereocenters. The van der Waals surface area contributed by atoms with Crippen LogP contribution >= 0.6 is 0 Å². The molecule has 0 aromatic heterocycles. The van der Waals surface area contributed by atoms with Crippen molar-refractivity contribution in [1.82, 2.24) is 5.01 Å². The average Bonchev–Trinajstić information content (AvgIpc) is 3.19. The van der Waals surface area contributed by atoms with Crippen LogP contribution in [-0.4, -0.2) is 29.1 Å². The van der Waals surface area contributed by atoms with Crippen LogP contribution in [0.15, 0.2) is 83.5 Å². The Labute approximate surface area is 179 Å². The fraction of sp³-hybridized carbons (Fsp3) is 0.120. The Bertz CT molecular complexity index is 1240. The zero-order valence-corrected chi connectivity index (χ0v) is 16.7. The van der Waals surface area contributed by atoms with Gasteiger partial charge in [0.25, 0.3) is 5.91 Å². The van der Waals surface area contributed by atoms with E-state index in [1.54, 1.807) is 30.3 Å². The van der Waals surface area contributed by atoms with Crippen LogP contribution in [0.3, 0.4) is 0 Å². The summed E-state index contributed by atoms with van der Waals surface area (Å²) in [6, 6.07) is 24.5. The molecule has 3 aromatic rings. The smallest absolute Gasteiger partial charge is 0.271 e. The first-order chi connectivity index (χ1) is 15.1. The number of hydrogen-bond acceptors (Lipinski definition) is 5. The van der Waals surface area contributed by atoms with Gasteiger partial charge in [-0.15, -0.1) is 0 Å². The van der Waals surface area contributed by atoms with E-state index in [1.165, 1.54) is 6.21 Å². The lowest BCUT2D eigenvalue weighted by Gasteiger charge is -2.21. The van der Waals surface area contributed by atoms with Crippen LogP contribution in [0.5, 0.6) is 0 Å². The number of ketones is 1. The number of carbonyl (C=O) groups is 2. The largest absolute Gasteiger partial charge is 0.308 e. The van der Waals surface area contributed by atoms with Crippen molar-refractivity contribution >= 4 is 34.8 Å². The number of amides is 1. The van der Waals surface area contributed by atoms with Gasteiger partial charge in [-0.25, -0.2) is 5.01 Å². The lowest BCUT2D eigenvalue weighted by atomic mass is 9.97. The van der Waals surface area contributed by atoms with Crippen molar-refractivity contribution in [2.75, 3.05) is 0 Å². The minimum atomic E-state index is -0.889. The van der Waals surface area contributed by atoms with Crippen molar-refractivity contribution in [3.8, 4) is 6.07 Å². The van der Waals surface area contributed by atoms with Gasteiger partial charge in [0, 0.05) is 23.8 Å². The Morgan fingerprint density at radius 3 is 2.48 bits per heavy atom. The molecular formula is C25H20N4O2. The summed E-state index contributed by atoms with van der Waals surface area (Å²) in [4.78, 5) is 26.2. The molecule has 3 aromatic carbocycles. The number of benzene rings is 3. The van der Waals surface area contributed by atoms with Crippen molar-refractivity contribution < 1.29 is 9.59 Å². The summed E-state index contributed by atoms with van der Waals surface area (Å²) in [6.45, 7) is 0. The molecule has 6 nitrogen and oxygen atoms in total. The standard InChI is InChI=1S/C25H20N4O2/c26-15-21-16-28-29(24(21)27)25(31)20(14-23(30)18-8-2-1-3-9-18)13-19-11-6-10-17-7-4-5-12-22(17)19/h1-13,16,21,24H,14,27H2/b20-13-. The van der Waals surface area contributed by atoms with Gasteiger partial charge in [0.1, 0.15) is 12.1 Å². The fourth-order valence-corrected chi connectivity index (χ4v) is 3.56. The first-order valence-corrected chi connectivity index (χ1v) is 9.88. The predicted molar refractivity (Wildman–Crippen MR) is 120 cm³/mol. The molecule has 4 rings (SSSR count). The fourth-order valence-electron chi connectivity index (χ4n) is 3.56. The molecule has 1 heterocycles. The summed E-state index contributed by atoms with van der Waals surface area (Å²) >= 11 is 0. The maximum Gasteiger partial charge on any atom is 0.271 e. The molecule has 2 unspecified atom stereocenters. The number of Topliss-reactive ketones (excluding diaryl/α,β-unsaturated/α-hetero) is 1. The van der Waals surface area contributed by atoms with Crippen molar-refractivity contribution in [3.63, 3.8) is 0 Å². The van der Waals surface area contributed by atoms with E-state index in [-0.39, 0.29) is 17.8 Å². The molecular weight excluding hydrogens is 388 g/mol. The van der Waals surface area contributed by atoms with E-state index in [4.69, 9.17) is 5.73 Å². The maximum atomic E-state index is 13.3. The molecule has 0 saturated heterocycles. The Morgan fingerprint density at radius 2 is 1.74 bits per heavy atom. The van der Waals surface area contributed by atoms with Gasteiger partial charge in [-0.1, -0.05) is 72.8 Å². The number of nitriles is 1. The molecule has 2 N–H and O–H groups in total. The van der Waals surface area contributed by atoms with Crippen molar-refractivity contribution in [1.29, 1.82) is 5.26 Å². The van der Waals surface area contributed by atoms with Crippen LogP contribution in [0.25, 0.3) is 16.8 Å². The molecule has 0 aliphatic carbocycles. The lowest BCUT2D eigenvalue weighted by Crippen LogP contribution is -2.43. The van der Waals surface area contributed by atoms with Crippen molar-refractivity contribution in [2.24, 2.45) is 16.8 Å². The van der Waals surface area contributed by atoms with E-state index in [0.717, 1.165) is 21.3 Å². The molecule has 1 amide bonds. The predicted octanol–water partition coefficient (Wildman–Crippen LogP) is 3.75. The Morgan fingerprint density at radius 1 is 1.03 bits per heavy atom. The average molecular weight is 408 g/mol. The zero-order valence-electron chi connectivity index (χ0n) is 16.7. The lowest BCUT2D eigenvalue weighted by molar-refractivity contribution is -0.128. The number of rotatable bonds is 5. The van der Waals surface area contributed by atoms with Gasteiger partial charge < -0.3 is 5.73 Å². The third-order valence-electron chi connectivity index (χ3n) is 5.23. The van der Waals surface area contributed by atoms with E-state index in [0.29, 0.717) is 5.56 Å². The molecule has 6 heteroatoms. The SMILES string of the molecule is N#CC1C=NN(C(=O)/C(=C\c2cccc3ccccc23)CC(=O)c2ccccc2)C1N. The molecule has 0 bridgehead atoms. The van der Waals surface area contributed by atoms with Crippen LogP contribution < -0.4 is 5.73 Å². The monoisotopic (exact) mass is 408 g/mol. The zero-order chi connectivity index (χ0) is 21.8. The van der Waals surface area contributed by atoms with Gasteiger partial charge in [-0.05, 0) is 22.4 Å². The Balaban J connectivity index is 1.75. The highest BCUT2D eigenvalue weighted by molar-refractivity contribution is 6.08. The summed E-state index contributed by atoms with van der Waals surface area (Å²) in [5.74, 6) is -1.36. The summed E-state index contributed by atoms with van der Waals surface area (Å²) in [5, 5.41) is 16.3. The van der Waals surface area contributed by atoms with Gasteiger partial charge >= 0.3 is 0 Å². The van der Waals surface area contributed by atoms with Crippen LogP contribution in [-0.2, 0) is 4.79 Å². The summed E-state index contributed by atoms with van der Waals surface area (Å²) in [7, 11) is 0. The molecule has 1 aliphatic heterocycles. The molecule has 0 fully saturated rings. The highest BCUT2D eigenvalue weighted by atomic mass is 16.2. The second kappa shape index (κ2) is 8.74. The Kier molecular flexibility index (Phi) is 5.69.